The van der Waals surface area contributed by atoms with Crippen LogP contribution in [0, 0.1) is 0 Å². The van der Waals surface area contributed by atoms with Crippen molar-refractivity contribution in [3.63, 3.8) is 0 Å². The van der Waals surface area contributed by atoms with Gasteiger partial charge in [0.15, 0.2) is 9.84 Å². The van der Waals surface area contributed by atoms with E-state index in [-0.39, 0.29) is 12.4 Å². The molecule has 0 bridgehead atoms. The molecule has 1 aromatic rings. The summed E-state index contributed by atoms with van der Waals surface area (Å²) in [6, 6.07) is 6.82. The third-order valence-corrected chi connectivity index (χ3v) is 2.94. The zero-order chi connectivity index (χ0) is 13.6. The molecule has 0 aliphatic carbocycles. The van der Waals surface area contributed by atoms with Crippen molar-refractivity contribution in [1.29, 1.82) is 0 Å². The van der Waals surface area contributed by atoms with Gasteiger partial charge in [0.05, 0.1) is 5.75 Å². The van der Waals surface area contributed by atoms with E-state index in [4.69, 9.17) is 9.84 Å². The summed E-state index contributed by atoms with van der Waals surface area (Å²) < 4.78 is 27.2. The van der Waals surface area contributed by atoms with Crippen LogP contribution >= 0.6 is 0 Å². The summed E-state index contributed by atoms with van der Waals surface area (Å²) in [6.45, 7) is 0.0385. The van der Waals surface area contributed by atoms with Crippen molar-refractivity contribution < 1.29 is 23.1 Å². The number of benzene rings is 1. The van der Waals surface area contributed by atoms with Gasteiger partial charge in [-0.05, 0) is 12.1 Å². The minimum atomic E-state index is -3.07. The van der Waals surface area contributed by atoms with Gasteiger partial charge in [-0.2, -0.15) is 0 Å². The van der Waals surface area contributed by atoms with E-state index in [0.29, 0.717) is 11.3 Å². The molecule has 1 rings (SSSR count). The number of rotatable bonds is 6. The number of carboxylic acid groups (broad SMARTS) is 1. The lowest BCUT2D eigenvalue weighted by Gasteiger charge is -2.08. The highest BCUT2D eigenvalue weighted by Crippen LogP contribution is 2.19. The predicted octanol–water partition coefficient (Wildman–Crippen LogP) is 1.21. The Morgan fingerprint density at radius 2 is 2.06 bits per heavy atom. The predicted molar refractivity (Wildman–Crippen MR) is 68.3 cm³/mol. The second-order valence-corrected chi connectivity index (χ2v) is 5.95. The highest BCUT2D eigenvalue weighted by atomic mass is 32.2. The first-order valence-electron chi connectivity index (χ1n) is 5.19. The molecule has 18 heavy (non-hydrogen) atoms. The van der Waals surface area contributed by atoms with Crippen molar-refractivity contribution in [1.82, 2.24) is 0 Å². The lowest BCUT2D eigenvalue weighted by Crippen LogP contribution is -2.12. The second kappa shape index (κ2) is 6.20. The molecule has 0 heterocycles. The molecular weight excluding hydrogens is 256 g/mol. The van der Waals surface area contributed by atoms with Crippen LogP contribution in [-0.2, 0) is 14.6 Å². The number of para-hydroxylation sites is 1. The molecule has 1 aromatic carbocycles. The summed E-state index contributed by atoms with van der Waals surface area (Å²) in [4.78, 5) is 10.4. The SMILES string of the molecule is CS(=O)(=O)CCOc1ccccc1/C=C/C(=O)O. The van der Waals surface area contributed by atoms with Gasteiger partial charge in [0.2, 0.25) is 0 Å². The summed E-state index contributed by atoms with van der Waals surface area (Å²) in [5.41, 5.74) is 0.591. The standard InChI is InChI=1S/C12H14O5S/c1-18(15,16)9-8-17-11-5-3-2-4-10(11)6-7-12(13)14/h2-7H,8-9H2,1H3,(H,13,14)/b7-6+. The van der Waals surface area contributed by atoms with Gasteiger partial charge in [0.1, 0.15) is 12.4 Å². The Bertz CT molecular complexity index is 545. The van der Waals surface area contributed by atoms with E-state index in [9.17, 15) is 13.2 Å². The topological polar surface area (TPSA) is 80.7 Å². The lowest BCUT2D eigenvalue weighted by atomic mass is 10.2. The van der Waals surface area contributed by atoms with E-state index in [1.807, 2.05) is 0 Å². The molecule has 0 saturated heterocycles. The van der Waals surface area contributed by atoms with Crippen molar-refractivity contribution in [2.75, 3.05) is 18.6 Å². The molecule has 0 aliphatic rings. The Kier molecular flexibility index (Phi) is 4.91. The summed E-state index contributed by atoms with van der Waals surface area (Å²) in [5.74, 6) is -0.677. The molecule has 0 spiro atoms. The van der Waals surface area contributed by atoms with Crippen LogP contribution in [0.3, 0.4) is 0 Å². The Hall–Kier alpha value is -1.82. The Morgan fingerprint density at radius 1 is 1.39 bits per heavy atom. The average molecular weight is 270 g/mol. The number of sulfone groups is 1. The Morgan fingerprint density at radius 3 is 2.67 bits per heavy atom. The fraction of sp³-hybridized carbons (Fsp3) is 0.250. The Labute approximate surface area is 106 Å². The fourth-order valence-corrected chi connectivity index (χ4v) is 1.60. The first-order chi connectivity index (χ1) is 8.38. The summed E-state index contributed by atoms with van der Waals surface area (Å²) in [7, 11) is -3.07. The largest absolute Gasteiger partial charge is 0.492 e. The minimum absolute atomic E-state index is 0.0385. The van der Waals surface area contributed by atoms with Crippen LogP contribution in [0.5, 0.6) is 5.75 Å². The number of hydrogen-bond acceptors (Lipinski definition) is 4. The zero-order valence-electron chi connectivity index (χ0n) is 9.87. The van der Waals surface area contributed by atoms with Crippen LogP contribution in [0.1, 0.15) is 5.56 Å². The molecule has 1 N–H and O–H groups in total. The van der Waals surface area contributed by atoms with Gasteiger partial charge in [-0.1, -0.05) is 18.2 Å². The number of aliphatic carboxylic acids is 1. The molecule has 0 aliphatic heterocycles. The average Bonchev–Trinajstić information content (AvgIpc) is 2.26. The molecular formula is C12H14O5S. The lowest BCUT2D eigenvalue weighted by molar-refractivity contribution is -0.131. The molecule has 98 valence electrons. The van der Waals surface area contributed by atoms with Crippen LogP contribution in [0.25, 0.3) is 6.08 Å². The van der Waals surface area contributed by atoms with Crippen LogP contribution < -0.4 is 4.74 Å². The van der Waals surface area contributed by atoms with Gasteiger partial charge in [0.25, 0.3) is 0 Å². The second-order valence-electron chi connectivity index (χ2n) is 3.69. The first kappa shape index (κ1) is 14.2. The van der Waals surface area contributed by atoms with Crippen molar-refractivity contribution in [3.8, 4) is 5.75 Å². The van der Waals surface area contributed by atoms with E-state index in [1.165, 1.54) is 6.08 Å². The van der Waals surface area contributed by atoms with Gasteiger partial charge in [-0.25, -0.2) is 13.2 Å². The van der Waals surface area contributed by atoms with Gasteiger partial charge >= 0.3 is 5.97 Å². The normalized spacial score (nSPS) is 11.6. The number of carbonyl (C=O) groups is 1. The zero-order valence-corrected chi connectivity index (χ0v) is 10.7. The molecule has 0 aromatic heterocycles. The number of ether oxygens (including phenoxy) is 1. The molecule has 0 atom stereocenters. The molecule has 0 unspecified atom stereocenters. The maximum atomic E-state index is 10.9. The van der Waals surface area contributed by atoms with Gasteiger partial charge in [-0.15, -0.1) is 0 Å². The highest BCUT2D eigenvalue weighted by molar-refractivity contribution is 7.90. The van der Waals surface area contributed by atoms with Gasteiger partial charge in [0, 0.05) is 17.9 Å². The molecule has 0 amide bonds. The van der Waals surface area contributed by atoms with Crippen molar-refractivity contribution in [3.05, 3.63) is 35.9 Å². The quantitative estimate of drug-likeness (QED) is 0.786. The first-order valence-corrected chi connectivity index (χ1v) is 7.25. The van der Waals surface area contributed by atoms with E-state index >= 15 is 0 Å². The number of hydrogen-bond donors (Lipinski definition) is 1. The maximum absolute atomic E-state index is 10.9. The van der Waals surface area contributed by atoms with E-state index in [0.717, 1.165) is 12.3 Å². The molecule has 6 heteroatoms. The highest BCUT2D eigenvalue weighted by Gasteiger charge is 2.04. The Balaban J connectivity index is 2.73. The van der Waals surface area contributed by atoms with Crippen LogP contribution in [0.2, 0.25) is 0 Å². The minimum Gasteiger partial charge on any atom is -0.492 e. The third kappa shape index (κ3) is 5.49. The van der Waals surface area contributed by atoms with Crippen LogP contribution in [0.4, 0.5) is 0 Å². The van der Waals surface area contributed by atoms with Crippen LogP contribution in [0.15, 0.2) is 30.3 Å². The monoisotopic (exact) mass is 270 g/mol. The van der Waals surface area contributed by atoms with Crippen molar-refractivity contribution in [2.24, 2.45) is 0 Å². The van der Waals surface area contributed by atoms with Crippen LogP contribution in [-0.4, -0.2) is 38.1 Å². The van der Waals surface area contributed by atoms with Crippen molar-refractivity contribution >= 4 is 21.9 Å². The summed E-state index contributed by atoms with van der Waals surface area (Å²) >= 11 is 0. The maximum Gasteiger partial charge on any atom is 0.328 e. The third-order valence-electron chi connectivity index (χ3n) is 2.04. The van der Waals surface area contributed by atoms with Gasteiger partial charge in [-0.3, -0.25) is 0 Å². The van der Waals surface area contributed by atoms with E-state index < -0.39 is 15.8 Å². The summed E-state index contributed by atoms with van der Waals surface area (Å²) in [6.07, 6.45) is 3.53. The van der Waals surface area contributed by atoms with Crippen molar-refractivity contribution in [2.45, 2.75) is 0 Å². The molecule has 0 saturated carbocycles. The van der Waals surface area contributed by atoms with E-state index in [2.05, 4.69) is 0 Å². The molecule has 0 radical (unpaired) electrons. The molecule has 0 fully saturated rings. The summed E-state index contributed by atoms with van der Waals surface area (Å²) in [5, 5.41) is 8.54. The molecule has 5 nitrogen and oxygen atoms in total. The van der Waals surface area contributed by atoms with E-state index in [1.54, 1.807) is 24.3 Å². The number of carboxylic acids is 1. The smallest absolute Gasteiger partial charge is 0.328 e. The fourth-order valence-electron chi connectivity index (χ4n) is 1.21. The van der Waals surface area contributed by atoms with Gasteiger partial charge < -0.3 is 9.84 Å².